The van der Waals surface area contributed by atoms with E-state index in [2.05, 4.69) is 31.7 Å². The van der Waals surface area contributed by atoms with Crippen molar-refractivity contribution < 1.29 is 26.7 Å². The van der Waals surface area contributed by atoms with Gasteiger partial charge in [0.15, 0.2) is 0 Å². The Morgan fingerprint density at radius 1 is 0.953 bits per heavy atom. The zero-order chi connectivity index (χ0) is 30.1. The fourth-order valence-electron chi connectivity index (χ4n) is 5.03. The summed E-state index contributed by atoms with van der Waals surface area (Å²) in [6, 6.07) is 19.4. The standard InChI is InChI=1S/C31H27F2N5O4S/c1-41-31-28(37-43(39,40)29-8-6-23(32)17-26(29)33)16-22(18-35-31)19-5-7-27-21(13-19)15-25(30(34)36-27)20-3-2-4-24(14-20)38-9-11-42-12-10-38/h2-8,13-18,37H,9-12H2,1H3,(H2,34,36). The van der Waals surface area contributed by atoms with Crippen molar-refractivity contribution in [3.05, 3.63) is 90.6 Å². The number of ether oxygens (including phenoxy) is 2. The quantitative estimate of drug-likeness (QED) is 0.251. The lowest BCUT2D eigenvalue weighted by Gasteiger charge is -2.29. The molecule has 6 rings (SSSR count). The number of nitrogen functional groups attached to an aromatic ring is 1. The second kappa shape index (κ2) is 11.5. The van der Waals surface area contributed by atoms with Crippen LogP contribution in [-0.2, 0) is 14.8 Å². The van der Waals surface area contributed by atoms with E-state index in [1.807, 2.05) is 36.4 Å². The predicted molar refractivity (Wildman–Crippen MR) is 162 cm³/mol. The number of pyridine rings is 2. The van der Waals surface area contributed by atoms with Gasteiger partial charge in [0.1, 0.15) is 28.0 Å². The summed E-state index contributed by atoms with van der Waals surface area (Å²) in [7, 11) is -3.09. The molecule has 43 heavy (non-hydrogen) atoms. The van der Waals surface area contributed by atoms with Crippen LogP contribution in [-0.4, -0.2) is 51.8 Å². The molecule has 0 amide bonds. The molecule has 12 heteroatoms. The molecule has 1 aliphatic rings. The zero-order valence-corrected chi connectivity index (χ0v) is 23.9. The number of morpholine rings is 1. The number of halogens is 2. The summed E-state index contributed by atoms with van der Waals surface area (Å²) in [4.78, 5) is 10.4. The molecule has 1 aliphatic heterocycles. The van der Waals surface area contributed by atoms with E-state index < -0.39 is 26.6 Å². The Labute approximate surface area is 247 Å². The summed E-state index contributed by atoms with van der Waals surface area (Å²) >= 11 is 0. The Bertz CT molecular complexity index is 1950. The Hall–Kier alpha value is -4.81. The molecule has 1 fully saturated rings. The molecule has 3 N–H and O–H groups in total. The summed E-state index contributed by atoms with van der Waals surface area (Å²) < 4.78 is 66.6. The van der Waals surface area contributed by atoms with Gasteiger partial charge in [-0.15, -0.1) is 0 Å². The molecule has 0 aliphatic carbocycles. The average molecular weight is 604 g/mol. The van der Waals surface area contributed by atoms with Crippen LogP contribution in [0.1, 0.15) is 0 Å². The first-order valence-electron chi connectivity index (χ1n) is 13.4. The van der Waals surface area contributed by atoms with Crippen molar-refractivity contribution in [1.29, 1.82) is 0 Å². The number of nitrogens with zero attached hydrogens (tertiary/aromatic N) is 3. The van der Waals surface area contributed by atoms with E-state index in [1.165, 1.54) is 19.4 Å². The summed E-state index contributed by atoms with van der Waals surface area (Å²) in [5.41, 5.74) is 11.1. The minimum Gasteiger partial charge on any atom is -0.480 e. The van der Waals surface area contributed by atoms with Crippen LogP contribution in [0.4, 0.5) is 26.0 Å². The number of rotatable bonds is 7. The van der Waals surface area contributed by atoms with Gasteiger partial charge in [-0.05, 0) is 59.7 Å². The first-order chi connectivity index (χ1) is 20.7. The first-order valence-corrected chi connectivity index (χ1v) is 14.9. The maximum absolute atomic E-state index is 14.3. The highest BCUT2D eigenvalue weighted by Crippen LogP contribution is 2.35. The Morgan fingerprint density at radius 2 is 1.77 bits per heavy atom. The van der Waals surface area contributed by atoms with Crippen LogP contribution in [0.2, 0.25) is 0 Å². The Morgan fingerprint density at radius 3 is 2.53 bits per heavy atom. The first kappa shape index (κ1) is 28.3. The van der Waals surface area contributed by atoms with Gasteiger partial charge in [-0.3, -0.25) is 4.72 Å². The minimum atomic E-state index is -4.43. The van der Waals surface area contributed by atoms with Crippen molar-refractivity contribution in [3.63, 3.8) is 0 Å². The lowest BCUT2D eigenvalue weighted by Crippen LogP contribution is -2.36. The van der Waals surface area contributed by atoms with Crippen molar-refractivity contribution in [2.45, 2.75) is 4.90 Å². The van der Waals surface area contributed by atoms with Crippen LogP contribution in [0.25, 0.3) is 33.2 Å². The maximum Gasteiger partial charge on any atom is 0.264 e. The van der Waals surface area contributed by atoms with Crippen molar-refractivity contribution in [3.8, 4) is 28.1 Å². The Kier molecular flexibility index (Phi) is 7.55. The molecule has 3 heterocycles. The van der Waals surface area contributed by atoms with Gasteiger partial charge < -0.3 is 20.1 Å². The third-order valence-corrected chi connectivity index (χ3v) is 8.58. The van der Waals surface area contributed by atoms with Crippen LogP contribution in [0.5, 0.6) is 5.88 Å². The molecule has 1 saturated heterocycles. The van der Waals surface area contributed by atoms with Gasteiger partial charge in [0.2, 0.25) is 5.88 Å². The van der Waals surface area contributed by atoms with Gasteiger partial charge in [0.05, 0.1) is 25.8 Å². The van der Waals surface area contributed by atoms with Crippen LogP contribution >= 0.6 is 0 Å². The third-order valence-electron chi connectivity index (χ3n) is 7.18. The molecule has 0 saturated carbocycles. The highest BCUT2D eigenvalue weighted by molar-refractivity contribution is 7.92. The largest absolute Gasteiger partial charge is 0.480 e. The molecule has 0 radical (unpaired) electrons. The molecular formula is C31H27F2N5O4S. The molecule has 9 nitrogen and oxygen atoms in total. The van der Waals surface area contributed by atoms with E-state index in [9.17, 15) is 17.2 Å². The van der Waals surface area contributed by atoms with Crippen LogP contribution in [0.15, 0.2) is 83.9 Å². The number of benzene rings is 3. The molecule has 220 valence electrons. The number of methoxy groups -OCH3 is 1. The van der Waals surface area contributed by atoms with Gasteiger partial charge >= 0.3 is 0 Å². The molecule has 3 aromatic carbocycles. The highest BCUT2D eigenvalue weighted by Gasteiger charge is 2.22. The van der Waals surface area contributed by atoms with E-state index in [0.29, 0.717) is 36.2 Å². The fraction of sp³-hybridized carbons (Fsp3) is 0.161. The van der Waals surface area contributed by atoms with Crippen LogP contribution in [0, 0.1) is 11.6 Å². The van der Waals surface area contributed by atoms with E-state index in [0.717, 1.165) is 53.0 Å². The topological polar surface area (TPSA) is 120 Å². The summed E-state index contributed by atoms with van der Waals surface area (Å²) in [6.45, 7) is 2.98. The maximum atomic E-state index is 14.3. The second-order valence-electron chi connectivity index (χ2n) is 9.94. The molecule has 0 unspecified atom stereocenters. The molecule has 0 bridgehead atoms. The zero-order valence-electron chi connectivity index (χ0n) is 23.1. The number of aromatic nitrogens is 2. The number of hydrogen-bond donors (Lipinski definition) is 2. The predicted octanol–water partition coefficient (Wildman–Crippen LogP) is 5.47. The molecular weight excluding hydrogens is 576 g/mol. The smallest absolute Gasteiger partial charge is 0.264 e. The highest BCUT2D eigenvalue weighted by atomic mass is 32.2. The molecule has 0 spiro atoms. The van der Waals surface area contributed by atoms with Crippen molar-refractivity contribution >= 4 is 38.1 Å². The lowest BCUT2D eigenvalue weighted by molar-refractivity contribution is 0.122. The van der Waals surface area contributed by atoms with Crippen molar-refractivity contribution in [2.24, 2.45) is 0 Å². The second-order valence-corrected chi connectivity index (χ2v) is 11.6. The summed E-state index contributed by atoms with van der Waals surface area (Å²) in [6.07, 6.45) is 1.54. The average Bonchev–Trinajstić information content (AvgIpc) is 3.00. The number of sulfonamides is 1. The van der Waals surface area contributed by atoms with Gasteiger partial charge in [0, 0.05) is 47.6 Å². The van der Waals surface area contributed by atoms with Crippen LogP contribution < -0.4 is 20.1 Å². The van der Waals surface area contributed by atoms with Gasteiger partial charge in [-0.1, -0.05) is 18.2 Å². The monoisotopic (exact) mass is 603 g/mol. The minimum absolute atomic E-state index is 0.0140. The van der Waals surface area contributed by atoms with Crippen LogP contribution in [0.3, 0.4) is 0 Å². The van der Waals surface area contributed by atoms with Crippen molar-refractivity contribution in [1.82, 2.24) is 9.97 Å². The van der Waals surface area contributed by atoms with Gasteiger partial charge in [-0.2, -0.15) is 0 Å². The molecule has 5 aromatic rings. The van der Waals surface area contributed by atoms with E-state index in [-0.39, 0.29) is 11.6 Å². The SMILES string of the molecule is COc1ncc(-c2ccc3nc(N)c(-c4cccc(N5CCOCC5)c4)cc3c2)cc1NS(=O)(=O)c1ccc(F)cc1F. The number of anilines is 3. The van der Waals surface area contributed by atoms with Crippen molar-refractivity contribution in [2.75, 3.05) is 48.8 Å². The normalized spacial score (nSPS) is 13.7. The fourth-order valence-corrected chi connectivity index (χ4v) is 6.14. The van der Waals surface area contributed by atoms with Gasteiger partial charge in [0.25, 0.3) is 10.0 Å². The summed E-state index contributed by atoms with van der Waals surface area (Å²) in [5, 5.41) is 0.810. The number of nitrogens with one attached hydrogen (secondary N) is 1. The number of nitrogens with two attached hydrogens (primary N) is 1. The van der Waals surface area contributed by atoms with Gasteiger partial charge in [-0.25, -0.2) is 27.2 Å². The Balaban J connectivity index is 1.36. The van der Waals surface area contributed by atoms with E-state index in [1.54, 1.807) is 0 Å². The molecule has 0 atom stereocenters. The lowest BCUT2D eigenvalue weighted by atomic mass is 10.00. The number of hydrogen-bond acceptors (Lipinski definition) is 8. The molecule has 2 aromatic heterocycles. The van der Waals surface area contributed by atoms with E-state index >= 15 is 0 Å². The van der Waals surface area contributed by atoms with E-state index in [4.69, 9.17) is 15.2 Å². The third kappa shape index (κ3) is 5.79. The number of fused-ring (bicyclic) bond motifs is 1. The summed E-state index contributed by atoms with van der Waals surface area (Å²) in [5.74, 6) is -1.73.